The van der Waals surface area contributed by atoms with Gasteiger partial charge >= 0.3 is 0 Å². The van der Waals surface area contributed by atoms with Gasteiger partial charge in [-0.2, -0.15) is 0 Å². The summed E-state index contributed by atoms with van der Waals surface area (Å²) in [6.45, 7) is 2.00. The molecule has 3 heterocycles. The Morgan fingerprint density at radius 3 is 3.05 bits per heavy atom. The highest BCUT2D eigenvalue weighted by atomic mass is 32.2. The van der Waals surface area contributed by atoms with Gasteiger partial charge in [0.15, 0.2) is 0 Å². The number of hydrogen-bond acceptors (Lipinski definition) is 6. The average molecular weight is 303 g/mol. The van der Waals surface area contributed by atoms with E-state index in [-0.39, 0.29) is 0 Å². The van der Waals surface area contributed by atoms with Crippen LogP contribution in [0.2, 0.25) is 0 Å². The van der Waals surface area contributed by atoms with Crippen molar-refractivity contribution in [2.45, 2.75) is 11.9 Å². The lowest BCUT2D eigenvalue weighted by Crippen LogP contribution is -1.91. The number of aromatic nitrogens is 3. The van der Waals surface area contributed by atoms with E-state index in [1.807, 2.05) is 18.4 Å². The van der Waals surface area contributed by atoms with Crippen LogP contribution in [0, 0.1) is 19.3 Å². The molecule has 0 aliphatic carbocycles. The molecule has 3 aromatic rings. The van der Waals surface area contributed by atoms with Crippen LogP contribution in [0.3, 0.4) is 0 Å². The molecule has 3 rings (SSSR count). The van der Waals surface area contributed by atoms with Gasteiger partial charge in [0.05, 0.1) is 20.3 Å². The van der Waals surface area contributed by atoms with Crippen molar-refractivity contribution in [1.29, 1.82) is 0 Å². The van der Waals surface area contributed by atoms with Gasteiger partial charge in [-0.25, -0.2) is 4.98 Å². The summed E-state index contributed by atoms with van der Waals surface area (Å²) in [6, 6.07) is 4.07. The fourth-order valence-electron chi connectivity index (χ4n) is 1.70. The van der Waals surface area contributed by atoms with Crippen molar-refractivity contribution in [2.24, 2.45) is 0 Å². The molecule has 0 N–H and O–H groups in total. The maximum atomic E-state index is 5.30. The van der Waals surface area contributed by atoms with Crippen molar-refractivity contribution < 1.29 is 0 Å². The third kappa shape index (κ3) is 2.37. The van der Waals surface area contributed by atoms with Gasteiger partial charge in [-0.1, -0.05) is 23.7 Å². The number of hydrogen-bond donors (Lipinski definition) is 0. The van der Waals surface area contributed by atoms with Crippen LogP contribution in [0.1, 0.15) is 5.01 Å². The molecule has 3 nitrogen and oxygen atoms in total. The lowest BCUT2D eigenvalue weighted by atomic mass is 10.3. The van der Waals surface area contributed by atoms with Gasteiger partial charge < -0.3 is 0 Å². The number of nitrogens with zero attached hydrogens (tertiary/aromatic N) is 3. The lowest BCUT2D eigenvalue weighted by molar-refractivity contribution is 0.958. The Kier molecular flexibility index (Phi) is 3.51. The highest BCUT2D eigenvalue weighted by Crippen LogP contribution is 2.36. The topological polar surface area (TPSA) is 38.7 Å². The summed E-state index contributed by atoms with van der Waals surface area (Å²) in [5, 5.41) is 12.5. The molecule has 0 amide bonds. The molecule has 0 radical (unpaired) electrons. The van der Waals surface area contributed by atoms with E-state index in [0.29, 0.717) is 5.75 Å². The van der Waals surface area contributed by atoms with Crippen molar-refractivity contribution in [3.8, 4) is 22.9 Å². The standard InChI is InChI=1S/C13H9N3S3/c1-3-6-18-13-11-12(19-8(2)14-11)10(15-16-13)9-5-4-7-17-9/h1,4-5,7H,6H2,2H3. The van der Waals surface area contributed by atoms with Crippen LogP contribution in [-0.2, 0) is 0 Å². The molecule has 0 bridgehead atoms. The predicted molar refractivity (Wildman–Crippen MR) is 82.8 cm³/mol. The van der Waals surface area contributed by atoms with E-state index in [0.717, 1.165) is 30.8 Å². The second-order valence-electron chi connectivity index (χ2n) is 3.73. The molecule has 0 aromatic carbocycles. The van der Waals surface area contributed by atoms with Gasteiger partial charge in [0.1, 0.15) is 16.2 Å². The van der Waals surface area contributed by atoms with Crippen LogP contribution in [-0.4, -0.2) is 20.9 Å². The molecule has 3 aromatic heterocycles. The quantitative estimate of drug-likeness (QED) is 0.544. The molecule has 0 spiro atoms. The predicted octanol–water partition coefficient (Wildman–Crippen LogP) is 3.85. The molecule has 0 aliphatic rings. The molecule has 0 aliphatic heterocycles. The summed E-state index contributed by atoms with van der Waals surface area (Å²) in [4.78, 5) is 5.69. The zero-order valence-electron chi connectivity index (χ0n) is 10.1. The van der Waals surface area contributed by atoms with Crippen molar-refractivity contribution in [3.05, 3.63) is 22.5 Å². The number of terminal acetylenes is 1. The molecule has 94 valence electrons. The van der Waals surface area contributed by atoms with Crippen LogP contribution >= 0.6 is 34.4 Å². The molecular weight excluding hydrogens is 294 g/mol. The minimum absolute atomic E-state index is 0.582. The average Bonchev–Trinajstić information content (AvgIpc) is 3.04. The second kappa shape index (κ2) is 5.29. The SMILES string of the molecule is C#CCSc1nnc(-c2cccs2)c2sc(C)nc12. The Hall–Kier alpha value is -1.42. The molecule has 0 atom stereocenters. The molecule has 0 fully saturated rings. The first-order valence-corrected chi connectivity index (χ1v) is 8.21. The van der Waals surface area contributed by atoms with Gasteiger partial charge in [0, 0.05) is 0 Å². The third-order valence-corrected chi connectivity index (χ3v) is 5.15. The summed E-state index contributed by atoms with van der Waals surface area (Å²) in [5.74, 6) is 3.18. The molecule has 0 saturated heterocycles. The second-order valence-corrected chi connectivity index (χ2v) is 6.85. The van der Waals surface area contributed by atoms with E-state index >= 15 is 0 Å². The van der Waals surface area contributed by atoms with Crippen molar-refractivity contribution in [3.63, 3.8) is 0 Å². The van der Waals surface area contributed by atoms with Gasteiger partial charge in [-0.3, -0.25) is 0 Å². The molecule has 19 heavy (non-hydrogen) atoms. The summed E-state index contributed by atoms with van der Waals surface area (Å²) >= 11 is 4.82. The smallest absolute Gasteiger partial charge is 0.147 e. The minimum atomic E-state index is 0.582. The normalized spacial score (nSPS) is 10.7. The van der Waals surface area contributed by atoms with Crippen LogP contribution in [0.15, 0.2) is 22.5 Å². The number of fused-ring (bicyclic) bond motifs is 1. The maximum Gasteiger partial charge on any atom is 0.147 e. The number of thiophene rings is 1. The largest absolute Gasteiger partial charge is 0.238 e. The van der Waals surface area contributed by atoms with Crippen LogP contribution in [0.4, 0.5) is 0 Å². The zero-order chi connectivity index (χ0) is 13.2. The highest BCUT2D eigenvalue weighted by Gasteiger charge is 2.15. The highest BCUT2D eigenvalue weighted by molar-refractivity contribution is 7.99. The minimum Gasteiger partial charge on any atom is -0.238 e. The zero-order valence-corrected chi connectivity index (χ0v) is 12.5. The number of thioether (sulfide) groups is 1. The Balaban J connectivity index is 2.19. The number of rotatable bonds is 3. The monoisotopic (exact) mass is 303 g/mol. The van der Waals surface area contributed by atoms with Crippen molar-refractivity contribution >= 4 is 44.7 Å². The summed E-state index contributed by atoms with van der Waals surface area (Å²) in [6.07, 6.45) is 5.30. The first kappa shape index (κ1) is 12.6. The van der Waals surface area contributed by atoms with Crippen molar-refractivity contribution in [1.82, 2.24) is 15.2 Å². The first-order valence-electron chi connectivity index (χ1n) is 5.53. The van der Waals surface area contributed by atoms with Crippen LogP contribution < -0.4 is 0 Å². The maximum absolute atomic E-state index is 5.30. The van der Waals surface area contributed by atoms with E-state index in [4.69, 9.17) is 6.42 Å². The van der Waals surface area contributed by atoms with E-state index in [9.17, 15) is 0 Å². The lowest BCUT2D eigenvalue weighted by Gasteiger charge is -2.01. The Labute approximate surface area is 123 Å². The van der Waals surface area contributed by atoms with Crippen LogP contribution in [0.25, 0.3) is 20.8 Å². The van der Waals surface area contributed by atoms with E-state index in [1.54, 1.807) is 22.7 Å². The molecule has 0 saturated carbocycles. The van der Waals surface area contributed by atoms with E-state index in [1.165, 1.54) is 11.8 Å². The van der Waals surface area contributed by atoms with E-state index < -0.39 is 0 Å². The summed E-state index contributed by atoms with van der Waals surface area (Å²) < 4.78 is 1.09. The van der Waals surface area contributed by atoms with Crippen LogP contribution in [0.5, 0.6) is 0 Å². The van der Waals surface area contributed by atoms with Gasteiger partial charge in [-0.15, -0.1) is 39.3 Å². The Morgan fingerprint density at radius 1 is 1.42 bits per heavy atom. The van der Waals surface area contributed by atoms with Gasteiger partial charge in [0.25, 0.3) is 0 Å². The molecule has 6 heteroatoms. The van der Waals surface area contributed by atoms with Gasteiger partial charge in [0.2, 0.25) is 0 Å². The fourth-order valence-corrected chi connectivity index (χ4v) is 4.07. The summed E-state index contributed by atoms with van der Waals surface area (Å²) in [5.41, 5.74) is 1.84. The molecular formula is C13H9N3S3. The summed E-state index contributed by atoms with van der Waals surface area (Å²) in [7, 11) is 0. The number of aryl methyl sites for hydroxylation is 1. The van der Waals surface area contributed by atoms with Crippen molar-refractivity contribution in [2.75, 3.05) is 5.75 Å². The molecule has 0 unspecified atom stereocenters. The Bertz CT molecular complexity index is 753. The first-order chi connectivity index (χ1) is 9.29. The Morgan fingerprint density at radius 2 is 2.32 bits per heavy atom. The fraction of sp³-hybridized carbons (Fsp3) is 0.154. The van der Waals surface area contributed by atoms with Gasteiger partial charge in [-0.05, 0) is 18.4 Å². The number of thiazole rings is 1. The van der Waals surface area contributed by atoms with E-state index in [2.05, 4.69) is 27.2 Å². The third-order valence-electron chi connectivity index (χ3n) is 2.44.